The minimum atomic E-state index is -0.510. The predicted octanol–water partition coefficient (Wildman–Crippen LogP) is 5.03. The molecule has 6 rings (SSSR count). The summed E-state index contributed by atoms with van der Waals surface area (Å²) in [7, 11) is 0. The lowest BCUT2D eigenvalue weighted by molar-refractivity contribution is 0.176. The van der Waals surface area contributed by atoms with Crippen LogP contribution in [0.4, 0.5) is 0 Å². The number of hydrogen-bond donors (Lipinski definition) is 1. The molecular formula is C29H31N7O2. The zero-order valence-electron chi connectivity index (χ0n) is 21.7. The van der Waals surface area contributed by atoms with E-state index in [1.807, 2.05) is 54.2 Å². The molecule has 0 radical (unpaired) electrons. The molecule has 1 N–H and O–H groups in total. The van der Waals surface area contributed by atoms with E-state index in [0.717, 1.165) is 59.0 Å². The first-order chi connectivity index (χ1) is 18.6. The Morgan fingerprint density at radius 3 is 2.71 bits per heavy atom. The first kappa shape index (κ1) is 24.2. The summed E-state index contributed by atoms with van der Waals surface area (Å²) < 4.78 is 7.72. The zero-order valence-corrected chi connectivity index (χ0v) is 21.7. The molecule has 0 amide bonds. The molecular weight excluding hydrogens is 478 g/mol. The second-order valence-electron chi connectivity index (χ2n) is 10.2. The zero-order chi connectivity index (χ0) is 26.1. The van der Waals surface area contributed by atoms with Crippen LogP contribution in [-0.2, 0) is 13.1 Å². The van der Waals surface area contributed by atoms with Crippen LogP contribution < -0.4 is 5.56 Å². The summed E-state index contributed by atoms with van der Waals surface area (Å²) in [6.45, 7) is 5.08. The molecule has 0 unspecified atom stereocenters. The van der Waals surface area contributed by atoms with Gasteiger partial charge in [0.25, 0.3) is 5.56 Å². The van der Waals surface area contributed by atoms with E-state index in [1.54, 1.807) is 12.5 Å². The van der Waals surface area contributed by atoms with Gasteiger partial charge >= 0.3 is 0 Å². The number of H-pyrrole nitrogens is 1. The molecule has 4 heterocycles. The summed E-state index contributed by atoms with van der Waals surface area (Å²) in [5, 5.41) is 14.1. The lowest BCUT2D eigenvalue weighted by Gasteiger charge is -2.31. The van der Waals surface area contributed by atoms with Crippen molar-refractivity contribution in [2.24, 2.45) is 0 Å². The first-order valence-corrected chi connectivity index (χ1v) is 13.1. The van der Waals surface area contributed by atoms with Gasteiger partial charge in [0.15, 0.2) is 5.82 Å². The molecule has 1 atom stereocenters. The van der Waals surface area contributed by atoms with Gasteiger partial charge in [-0.15, -0.1) is 5.10 Å². The SMILES string of the molecule is Cc1ccc(C)c2[nH]c(=O)c([C@@H](c3nnnn3C3CCCC3)N(Cc3cccnc3)Cc3ccco3)cc12. The van der Waals surface area contributed by atoms with Crippen LogP contribution in [0.3, 0.4) is 0 Å². The normalized spacial score (nSPS) is 15.0. The van der Waals surface area contributed by atoms with E-state index in [1.165, 1.54) is 0 Å². The third-order valence-electron chi connectivity index (χ3n) is 7.61. The van der Waals surface area contributed by atoms with Crippen molar-refractivity contribution in [3.8, 4) is 0 Å². The van der Waals surface area contributed by atoms with E-state index in [2.05, 4.69) is 43.4 Å². The number of rotatable bonds is 8. The van der Waals surface area contributed by atoms with E-state index in [0.29, 0.717) is 24.5 Å². The Labute approximate surface area is 220 Å². The number of tetrazole rings is 1. The minimum Gasteiger partial charge on any atom is -0.468 e. The van der Waals surface area contributed by atoms with Crippen molar-refractivity contribution >= 4 is 10.9 Å². The van der Waals surface area contributed by atoms with E-state index >= 15 is 0 Å². The number of aromatic nitrogens is 6. The van der Waals surface area contributed by atoms with Crippen molar-refractivity contribution < 1.29 is 4.42 Å². The quantitative estimate of drug-likeness (QED) is 0.313. The highest BCUT2D eigenvalue weighted by molar-refractivity contribution is 5.85. The maximum absolute atomic E-state index is 13.8. The van der Waals surface area contributed by atoms with Crippen molar-refractivity contribution in [3.05, 3.63) is 105 Å². The van der Waals surface area contributed by atoms with Crippen LogP contribution in [0.25, 0.3) is 10.9 Å². The van der Waals surface area contributed by atoms with Gasteiger partial charge in [-0.05, 0) is 78.1 Å². The van der Waals surface area contributed by atoms with E-state index in [-0.39, 0.29) is 11.6 Å². The van der Waals surface area contributed by atoms with Crippen molar-refractivity contribution in [3.63, 3.8) is 0 Å². The lowest BCUT2D eigenvalue weighted by Crippen LogP contribution is -2.35. The molecule has 38 heavy (non-hydrogen) atoms. The van der Waals surface area contributed by atoms with Crippen LogP contribution in [0, 0.1) is 13.8 Å². The number of fused-ring (bicyclic) bond motifs is 1. The molecule has 0 aliphatic heterocycles. The fourth-order valence-corrected chi connectivity index (χ4v) is 5.65. The van der Waals surface area contributed by atoms with Crippen LogP contribution in [-0.4, -0.2) is 35.1 Å². The third-order valence-corrected chi connectivity index (χ3v) is 7.61. The number of aromatic amines is 1. The monoisotopic (exact) mass is 509 g/mol. The maximum Gasteiger partial charge on any atom is 0.253 e. The highest BCUT2D eigenvalue weighted by Crippen LogP contribution is 2.35. The second-order valence-corrected chi connectivity index (χ2v) is 10.2. The fourth-order valence-electron chi connectivity index (χ4n) is 5.65. The molecule has 9 nitrogen and oxygen atoms in total. The maximum atomic E-state index is 13.8. The second kappa shape index (κ2) is 10.3. The number of hydrogen-bond acceptors (Lipinski definition) is 7. The highest BCUT2D eigenvalue weighted by Gasteiger charge is 2.34. The van der Waals surface area contributed by atoms with Crippen LogP contribution in [0.15, 0.2) is 70.3 Å². The average Bonchev–Trinajstić information content (AvgIpc) is 3.71. The van der Waals surface area contributed by atoms with Gasteiger partial charge in [0.2, 0.25) is 0 Å². The van der Waals surface area contributed by atoms with Gasteiger partial charge in [0, 0.05) is 29.9 Å². The van der Waals surface area contributed by atoms with Gasteiger partial charge in [-0.25, -0.2) is 4.68 Å². The summed E-state index contributed by atoms with van der Waals surface area (Å²) in [6.07, 6.45) is 9.63. The number of benzene rings is 1. The molecule has 1 aliphatic rings. The molecule has 0 spiro atoms. The smallest absolute Gasteiger partial charge is 0.253 e. The van der Waals surface area contributed by atoms with Crippen molar-refractivity contribution in [1.82, 2.24) is 35.1 Å². The van der Waals surface area contributed by atoms with Gasteiger partial charge in [-0.2, -0.15) is 0 Å². The summed E-state index contributed by atoms with van der Waals surface area (Å²) in [5.74, 6) is 1.46. The molecule has 4 aromatic heterocycles. The Hall–Kier alpha value is -4.11. The van der Waals surface area contributed by atoms with Crippen molar-refractivity contribution in [1.29, 1.82) is 0 Å². The largest absolute Gasteiger partial charge is 0.468 e. The number of nitrogens with one attached hydrogen (secondary N) is 1. The Kier molecular flexibility index (Phi) is 6.59. The van der Waals surface area contributed by atoms with E-state index < -0.39 is 6.04 Å². The molecule has 194 valence electrons. The van der Waals surface area contributed by atoms with Crippen LogP contribution in [0.5, 0.6) is 0 Å². The van der Waals surface area contributed by atoms with Gasteiger partial charge in [-0.1, -0.05) is 31.0 Å². The molecule has 1 aliphatic carbocycles. The Morgan fingerprint density at radius 1 is 1.11 bits per heavy atom. The summed E-state index contributed by atoms with van der Waals surface area (Å²) >= 11 is 0. The highest BCUT2D eigenvalue weighted by atomic mass is 16.3. The van der Waals surface area contributed by atoms with Gasteiger partial charge in [-0.3, -0.25) is 14.7 Å². The topological polar surface area (TPSA) is 106 Å². The lowest BCUT2D eigenvalue weighted by atomic mass is 9.98. The Morgan fingerprint density at radius 2 is 1.95 bits per heavy atom. The molecule has 1 saturated carbocycles. The Balaban J connectivity index is 1.56. The predicted molar refractivity (Wildman–Crippen MR) is 143 cm³/mol. The summed E-state index contributed by atoms with van der Waals surface area (Å²) in [6, 6.07) is 13.6. The van der Waals surface area contributed by atoms with Crippen LogP contribution in [0.1, 0.15) is 71.6 Å². The molecule has 0 saturated heterocycles. The summed E-state index contributed by atoms with van der Waals surface area (Å²) in [4.78, 5) is 23.5. The summed E-state index contributed by atoms with van der Waals surface area (Å²) in [5.41, 5.74) is 4.47. The number of nitrogens with zero attached hydrogens (tertiary/aromatic N) is 6. The van der Waals surface area contributed by atoms with Gasteiger partial charge in [0.1, 0.15) is 11.8 Å². The first-order valence-electron chi connectivity index (χ1n) is 13.1. The van der Waals surface area contributed by atoms with Crippen molar-refractivity contribution in [2.75, 3.05) is 0 Å². The standard InChI is InChI=1S/C29H31N7O2/c1-19-11-12-20(2)26-24(19)15-25(29(37)31-26)27(28-32-33-34-36(28)22-8-3-4-9-22)35(18-23-10-6-14-38-23)17-21-7-5-13-30-16-21/h5-7,10-16,22,27H,3-4,8-9,17-18H2,1-2H3,(H,31,37)/t27-/m0/s1. The van der Waals surface area contributed by atoms with Gasteiger partial charge < -0.3 is 9.40 Å². The fraction of sp³-hybridized carbons (Fsp3) is 0.345. The van der Waals surface area contributed by atoms with Gasteiger partial charge in [0.05, 0.1) is 24.4 Å². The Bertz CT molecular complexity index is 1580. The molecule has 1 aromatic carbocycles. The van der Waals surface area contributed by atoms with Crippen LogP contribution >= 0.6 is 0 Å². The molecule has 9 heteroatoms. The average molecular weight is 510 g/mol. The molecule has 1 fully saturated rings. The number of pyridine rings is 2. The van der Waals surface area contributed by atoms with Crippen molar-refractivity contribution in [2.45, 2.75) is 64.7 Å². The molecule has 0 bridgehead atoms. The van der Waals surface area contributed by atoms with E-state index in [9.17, 15) is 4.79 Å². The third kappa shape index (κ3) is 4.65. The molecule has 5 aromatic rings. The number of furan rings is 1. The number of aryl methyl sites for hydroxylation is 2. The van der Waals surface area contributed by atoms with E-state index in [4.69, 9.17) is 4.42 Å². The minimum absolute atomic E-state index is 0.146. The van der Waals surface area contributed by atoms with Crippen LogP contribution in [0.2, 0.25) is 0 Å².